The summed E-state index contributed by atoms with van der Waals surface area (Å²) in [7, 11) is 1.98. The SMILES string of the molecule is CN1CCN=C1NCCOc1ccc(Cl)c(F)c1. The van der Waals surface area contributed by atoms with Crippen LogP contribution in [-0.4, -0.2) is 44.1 Å². The summed E-state index contributed by atoms with van der Waals surface area (Å²) in [6.07, 6.45) is 0. The molecule has 0 amide bonds. The third kappa shape index (κ3) is 3.26. The van der Waals surface area contributed by atoms with Crippen LogP contribution in [-0.2, 0) is 0 Å². The highest BCUT2D eigenvalue weighted by atomic mass is 35.5. The van der Waals surface area contributed by atoms with Crippen molar-refractivity contribution in [2.45, 2.75) is 0 Å². The zero-order chi connectivity index (χ0) is 13.0. The van der Waals surface area contributed by atoms with Crippen molar-refractivity contribution in [3.63, 3.8) is 0 Å². The summed E-state index contributed by atoms with van der Waals surface area (Å²) in [5, 5.41) is 3.26. The molecule has 1 aromatic rings. The van der Waals surface area contributed by atoms with Crippen molar-refractivity contribution >= 4 is 17.6 Å². The molecular formula is C12H15ClFN3O. The van der Waals surface area contributed by atoms with E-state index in [9.17, 15) is 4.39 Å². The van der Waals surface area contributed by atoms with Gasteiger partial charge in [0.2, 0.25) is 0 Å². The highest BCUT2D eigenvalue weighted by molar-refractivity contribution is 6.30. The van der Waals surface area contributed by atoms with Gasteiger partial charge in [-0.15, -0.1) is 0 Å². The Bertz CT molecular complexity index is 453. The molecule has 0 radical (unpaired) electrons. The molecule has 0 atom stereocenters. The van der Waals surface area contributed by atoms with Crippen molar-refractivity contribution in [1.29, 1.82) is 0 Å². The first-order valence-electron chi connectivity index (χ1n) is 5.74. The Morgan fingerprint density at radius 1 is 1.56 bits per heavy atom. The van der Waals surface area contributed by atoms with Gasteiger partial charge in [-0.1, -0.05) is 11.6 Å². The van der Waals surface area contributed by atoms with Crippen molar-refractivity contribution < 1.29 is 9.13 Å². The van der Waals surface area contributed by atoms with Gasteiger partial charge in [-0.2, -0.15) is 0 Å². The fraction of sp³-hybridized carbons (Fsp3) is 0.417. The number of benzene rings is 1. The molecule has 1 aromatic carbocycles. The van der Waals surface area contributed by atoms with E-state index in [-0.39, 0.29) is 5.02 Å². The lowest BCUT2D eigenvalue weighted by Gasteiger charge is -2.15. The predicted molar refractivity (Wildman–Crippen MR) is 69.8 cm³/mol. The second-order valence-corrected chi connectivity index (χ2v) is 4.39. The first kappa shape index (κ1) is 13.0. The summed E-state index contributed by atoms with van der Waals surface area (Å²) in [5.74, 6) is 0.878. The van der Waals surface area contributed by atoms with Gasteiger partial charge in [0.15, 0.2) is 5.96 Å². The number of hydrogen-bond donors (Lipinski definition) is 1. The number of halogens is 2. The zero-order valence-electron chi connectivity index (χ0n) is 10.1. The van der Waals surface area contributed by atoms with Gasteiger partial charge < -0.3 is 15.0 Å². The Morgan fingerprint density at radius 3 is 3.06 bits per heavy atom. The normalized spacial score (nSPS) is 14.6. The Balaban J connectivity index is 1.73. The lowest BCUT2D eigenvalue weighted by molar-refractivity contribution is 0.319. The van der Waals surface area contributed by atoms with Crippen LogP contribution in [0.2, 0.25) is 5.02 Å². The molecule has 0 bridgehead atoms. The van der Waals surface area contributed by atoms with E-state index in [1.54, 1.807) is 6.07 Å². The number of hydrogen-bond acceptors (Lipinski definition) is 4. The average Bonchev–Trinajstić information content (AvgIpc) is 2.75. The van der Waals surface area contributed by atoms with Crippen LogP contribution < -0.4 is 10.1 Å². The van der Waals surface area contributed by atoms with Crippen LogP contribution >= 0.6 is 11.6 Å². The number of rotatable bonds is 4. The van der Waals surface area contributed by atoms with Gasteiger partial charge in [-0.25, -0.2) is 4.39 Å². The monoisotopic (exact) mass is 271 g/mol. The van der Waals surface area contributed by atoms with Crippen LogP contribution in [0.3, 0.4) is 0 Å². The molecule has 1 aliphatic heterocycles. The molecule has 0 unspecified atom stereocenters. The summed E-state index contributed by atoms with van der Waals surface area (Å²) < 4.78 is 18.5. The Hall–Kier alpha value is -1.49. The number of aliphatic imine (C=N–C) groups is 1. The Kier molecular flexibility index (Phi) is 4.25. The zero-order valence-corrected chi connectivity index (χ0v) is 10.9. The highest BCUT2D eigenvalue weighted by Gasteiger charge is 2.10. The lowest BCUT2D eigenvalue weighted by Crippen LogP contribution is -2.37. The second kappa shape index (κ2) is 5.91. The molecule has 6 heteroatoms. The van der Waals surface area contributed by atoms with Crippen molar-refractivity contribution in [3.05, 3.63) is 29.0 Å². The standard InChI is InChI=1S/C12H15ClFN3O/c1-17-6-4-15-12(17)16-5-7-18-9-2-3-10(13)11(14)8-9/h2-3,8H,4-7H2,1H3,(H,15,16). The third-order valence-electron chi connectivity index (χ3n) is 2.60. The van der Waals surface area contributed by atoms with Crippen LogP contribution in [0.1, 0.15) is 0 Å². The van der Waals surface area contributed by atoms with Crippen LogP contribution in [0.25, 0.3) is 0 Å². The minimum absolute atomic E-state index is 0.0995. The molecule has 4 nitrogen and oxygen atoms in total. The van der Waals surface area contributed by atoms with E-state index in [2.05, 4.69) is 10.3 Å². The number of nitrogens with zero attached hydrogens (tertiary/aromatic N) is 2. The molecule has 0 aliphatic carbocycles. The van der Waals surface area contributed by atoms with Crippen LogP contribution in [0.4, 0.5) is 4.39 Å². The number of likely N-dealkylation sites (N-methyl/N-ethyl adjacent to an activating group) is 1. The molecular weight excluding hydrogens is 257 g/mol. The lowest BCUT2D eigenvalue weighted by atomic mass is 10.3. The van der Waals surface area contributed by atoms with E-state index >= 15 is 0 Å². The van der Waals surface area contributed by atoms with Gasteiger partial charge in [0.05, 0.1) is 18.1 Å². The summed E-state index contributed by atoms with van der Waals surface area (Å²) >= 11 is 5.58. The Labute approximate surface area is 110 Å². The van der Waals surface area contributed by atoms with Gasteiger partial charge in [-0.05, 0) is 12.1 Å². The summed E-state index contributed by atoms with van der Waals surface area (Å²) in [4.78, 5) is 6.33. The molecule has 98 valence electrons. The van der Waals surface area contributed by atoms with Gasteiger partial charge in [0.1, 0.15) is 18.2 Å². The average molecular weight is 272 g/mol. The molecule has 0 saturated carbocycles. The van der Waals surface area contributed by atoms with E-state index in [0.29, 0.717) is 18.9 Å². The van der Waals surface area contributed by atoms with E-state index in [4.69, 9.17) is 16.3 Å². The van der Waals surface area contributed by atoms with Crippen LogP contribution in [0.15, 0.2) is 23.2 Å². The smallest absolute Gasteiger partial charge is 0.193 e. The predicted octanol–water partition coefficient (Wildman–Crippen LogP) is 1.75. The third-order valence-corrected chi connectivity index (χ3v) is 2.91. The molecule has 2 rings (SSSR count). The fourth-order valence-electron chi connectivity index (χ4n) is 1.62. The molecule has 1 aliphatic rings. The van der Waals surface area contributed by atoms with E-state index in [0.717, 1.165) is 19.0 Å². The minimum Gasteiger partial charge on any atom is -0.492 e. The van der Waals surface area contributed by atoms with Crippen LogP contribution in [0.5, 0.6) is 5.75 Å². The summed E-state index contributed by atoms with van der Waals surface area (Å²) in [5.41, 5.74) is 0. The fourth-order valence-corrected chi connectivity index (χ4v) is 1.74. The van der Waals surface area contributed by atoms with Gasteiger partial charge in [0, 0.05) is 19.7 Å². The van der Waals surface area contributed by atoms with Crippen molar-refractivity contribution in [3.8, 4) is 5.75 Å². The van der Waals surface area contributed by atoms with E-state index < -0.39 is 5.82 Å². The summed E-state index contributed by atoms with van der Waals surface area (Å²) in [6, 6.07) is 4.40. The molecule has 0 aromatic heterocycles. The molecule has 1 N–H and O–H groups in total. The summed E-state index contributed by atoms with van der Waals surface area (Å²) in [6.45, 7) is 2.81. The van der Waals surface area contributed by atoms with Crippen molar-refractivity contribution in [2.24, 2.45) is 4.99 Å². The second-order valence-electron chi connectivity index (χ2n) is 3.98. The number of guanidine groups is 1. The van der Waals surface area contributed by atoms with E-state index in [1.807, 2.05) is 11.9 Å². The minimum atomic E-state index is -0.470. The quantitative estimate of drug-likeness (QED) is 0.848. The molecule has 1 heterocycles. The largest absolute Gasteiger partial charge is 0.492 e. The van der Waals surface area contributed by atoms with E-state index in [1.165, 1.54) is 12.1 Å². The highest BCUT2D eigenvalue weighted by Crippen LogP contribution is 2.20. The first-order chi connectivity index (χ1) is 8.66. The molecule has 18 heavy (non-hydrogen) atoms. The molecule has 0 spiro atoms. The van der Waals surface area contributed by atoms with Gasteiger partial charge >= 0.3 is 0 Å². The topological polar surface area (TPSA) is 36.9 Å². The van der Waals surface area contributed by atoms with Crippen molar-refractivity contribution in [2.75, 3.05) is 33.3 Å². The Morgan fingerprint density at radius 2 is 2.39 bits per heavy atom. The van der Waals surface area contributed by atoms with Gasteiger partial charge in [-0.3, -0.25) is 4.99 Å². The molecule has 0 fully saturated rings. The van der Waals surface area contributed by atoms with Gasteiger partial charge in [0.25, 0.3) is 0 Å². The molecule has 0 saturated heterocycles. The van der Waals surface area contributed by atoms with Crippen LogP contribution in [0, 0.1) is 5.82 Å². The maximum atomic E-state index is 13.1. The number of nitrogens with one attached hydrogen (secondary N) is 1. The number of ether oxygens (including phenoxy) is 1. The van der Waals surface area contributed by atoms with Crippen molar-refractivity contribution in [1.82, 2.24) is 10.2 Å². The maximum absolute atomic E-state index is 13.1. The first-order valence-corrected chi connectivity index (χ1v) is 6.12. The maximum Gasteiger partial charge on any atom is 0.193 e.